The molecule has 1 unspecified atom stereocenters. The summed E-state index contributed by atoms with van der Waals surface area (Å²) in [6.45, 7) is 1.87. The monoisotopic (exact) mass is 342 g/mol. The highest BCUT2D eigenvalue weighted by molar-refractivity contribution is 5.98. The van der Waals surface area contributed by atoms with Crippen LogP contribution in [0.4, 0.5) is 5.95 Å². The van der Waals surface area contributed by atoms with Crippen LogP contribution in [-0.2, 0) is 19.7 Å². The van der Waals surface area contributed by atoms with Gasteiger partial charge in [0, 0.05) is 19.8 Å². The van der Waals surface area contributed by atoms with Gasteiger partial charge in [0.15, 0.2) is 5.82 Å². The fourth-order valence-corrected chi connectivity index (χ4v) is 3.61. The van der Waals surface area contributed by atoms with Gasteiger partial charge < -0.3 is 9.47 Å². The normalized spacial score (nSPS) is 22.6. The van der Waals surface area contributed by atoms with Crippen molar-refractivity contribution in [3.8, 4) is 0 Å². The number of nitrogens with one attached hydrogen (secondary N) is 2. The number of benzene rings is 1. The number of hydrogen-bond acceptors (Lipinski definition) is 5. The van der Waals surface area contributed by atoms with Crippen molar-refractivity contribution in [2.24, 2.45) is 0 Å². The molecule has 2 saturated heterocycles. The maximum absolute atomic E-state index is 13.1. The standard InChI is InChI=1S/C18H22N4O3/c23-16(20-17-19-15(21-22-17)14-7-4-10-25-14)18(8-11-24-12-9-18)13-5-2-1-3-6-13/h1-3,5-6,14H,4,7-12H2,(H2,19,20,21,22,23). The van der Waals surface area contributed by atoms with Gasteiger partial charge in [-0.25, -0.2) is 0 Å². The first-order valence-electron chi connectivity index (χ1n) is 8.76. The van der Waals surface area contributed by atoms with Crippen LogP contribution in [0.2, 0.25) is 0 Å². The number of anilines is 1. The third kappa shape index (κ3) is 3.17. The van der Waals surface area contributed by atoms with Gasteiger partial charge in [0.2, 0.25) is 11.9 Å². The minimum atomic E-state index is -0.607. The molecule has 132 valence electrons. The molecule has 2 aliphatic heterocycles. The lowest BCUT2D eigenvalue weighted by Gasteiger charge is -2.35. The van der Waals surface area contributed by atoms with E-state index >= 15 is 0 Å². The number of carbonyl (C=O) groups excluding carboxylic acids is 1. The number of amides is 1. The van der Waals surface area contributed by atoms with Crippen molar-refractivity contribution in [1.29, 1.82) is 0 Å². The van der Waals surface area contributed by atoms with Gasteiger partial charge in [0.25, 0.3) is 0 Å². The number of hydrogen-bond donors (Lipinski definition) is 2. The molecule has 1 aromatic heterocycles. The molecule has 2 aliphatic rings. The van der Waals surface area contributed by atoms with Crippen LogP contribution < -0.4 is 5.32 Å². The first kappa shape index (κ1) is 16.2. The summed E-state index contributed by atoms with van der Waals surface area (Å²) < 4.78 is 11.1. The highest BCUT2D eigenvalue weighted by Crippen LogP contribution is 2.36. The van der Waals surface area contributed by atoms with Gasteiger partial charge in [-0.3, -0.25) is 15.2 Å². The van der Waals surface area contributed by atoms with E-state index in [1.807, 2.05) is 30.3 Å². The Morgan fingerprint density at radius 1 is 1.20 bits per heavy atom. The van der Waals surface area contributed by atoms with E-state index in [1.54, 1.807) is 0 Å². The highest BCUT2D eigenvalue weighted by Gasteiger charge is 2.42. The molecule has 7 heteroatoms. The minimum absolute atomic E-state index is 0.0516. The molecule has 1 amide bonds. The van der Waals surface area contributed by atoms with E-state index in [2.05, 4.69) is 20.5 Å². The van der Waals surface area contributed by atoms with E-state index in [0.717, 1.165) is 25.0 Å². The number of aromatic amines is 1. The molecule has 4 rings (SSSR count). The molecular formula is C18H22N4O3. The Labute approximate surface area is 146 Å². The van der Waals surface area contributed by atoms with Crippen molar-refractivity contribution in [3.63, 3.8) is 0 Å². The van der Waals surface area contributed by atoms with Crippen LogP contribution in [0.3, 0.4) is 0 Å². The van der Waals surface area contributed by atoms with Gasteiger partial charge in [-0.2, -0.15) is 4.98 Å². The lowest BCUT2D eigenvalue weighted by molar-refractivity contribution is -0.125. The number of aromatic nitrogens is 3. The predicted molar refractivity (Wildman–Crippen MR) is 91.1 cm³/mol. The van der Waals surface area contributed by atoms with E-state index in [9.17, 15) is 4.79 Å². The zero-order chi connectivity index (χ0) is 17.1. The molecule has 1 atom stereocenters. The van der Waals surface area contributed by atoms with Gasteiger partial charge >= 0.3 is 0 Å². The summed E-state index contributed by atoms with van der Waals surface area (Å²) in [5.74, 6) is 0.894. The molecule has 0 spiro atoms. The molecule has 25 heavy (non-hydrogen) atoms. The Hall–Kier alpha value is -2.25. The van der Waals surface area contributed by atoms with Crippen molar-refractivity contribution < 1.29 is 14.3 Å². The predicted octanol–water partition coefficient (Wildman–Crippen LogP) is 2.34. The summed E-state index contributed by atoms with van der Waals surface area (Å²) in [5.41, 5.74) is 0.398. The zero-order valence-electron chi connectivity index (χ0n) is 14.0. The van der Waals surface area contributed by atoms with Gasteiger partial charge in [0.1, 0.15) is 6.10 Å². The van der Waals surface area contributed by atoms with Crippen molar-refractivity contribution in [3.05, 3.63) is 41.7 Å². The third-order valence-corrected chi connectivity index (χ3v) is 5.07. The van der Waals surface area contributed by atoms with Gasteiger partial charge in [-0.15, -0.1) is 5.10 Å². The second kappa shape index (κ2) is 6.93. The van der Waals surface area contributed by atoms with E-state index in [-0.39, 0.29) is 12.0 Å². The Bertz CT molecular complexity index is 719. The molecule has 0 bridgehead atoms. The molecule has 0 saturated carbocycles. The second-order valence-corrected chi connectivity index (χ2v) is 6.56. The SMILES string of the molecule is O=C(Nc1n[nH]c(C2CCCO2)n1)C1(c2ccccc2)CCOCC1. The molecule has 7 nitrogen and oxygen atoms in total. The lowest BCUT2D eigenvalue weighted by Crippen LogP contribution is -2.45. The maximum Gasteiger partial charge on any atom is 0.248 e. The summed E-state index contributed by atoms with van der Waals surface area (Å²) in [5, 5.41) is 9.92. The van der Waals surface area contributed by atoms with Crippen molar-refractivity contribution in [1.82, 2.24) is 15.2 Å². The van der Waals surface area contributed by atoms with Crippen LogP contribution in [0.1, 0.15) is 43.2 Å². The topological polar surface area (TPSA) is 89.1 Å². The van der Waals surface area contributed by atoms with E-state index in [4.69, 9.17) is 9.47 Å². The number of rotatable bonds is 4. The summed E-state index contributed by atoms with van der Waals surface area (Å²) in [6.07, 6.45) is 3.18. The Morgan fingerprint density at radius 3 is 2.72 bits per heavy atom. The Balaban J connectivity index is 1.55. The first-order chi connectivity index (χ1) is 12.3. The van der Waals surface area contributed by atoms with Gasteiger partial charge in [-0.1, -0.05) is 30.3 Å². The second-order valence-electron chi connectivity index (χ2n) is 6.56. The summed E-state index contributed by atoms with van der Waals surface area (Å²) in [6, 6.07) is 9.88. The van der Waals surface area contributed by atoms with Crippen LogP contribution in [0.15, 0.2) is 30.3 Å². The highest BCUT2D eigenvalue weighted by atomic mass is 16.5. The molecule has 2 fully saturated rings. The smallest absolute Gasteiger partial charge is 0.248 e. The van der Waals surface area contributed by atoms with Crippen molar-refractivity contribution in [2.75, 3.05) is 25.1 Å². The van der Waals surface area contributed by atoms with E-state index < -0.39 is 5.41 Å². The lowest BCUT2D eigenvalue weighted by atomic mass is 9.73. The molecular weight excluding hydrogens is 320 g/mol. The van der Waals surface area contributed by atoms with Gasteiger partial charge in [0.05, 0.1) is 5.41 Å². The number of carbonyl (C=O) groups is 1. The summed E-state index contributed by atoms with van der Waals surface area (Å²) in [7, 11) is 0. The quantitative estimate of drug-likeness (QED) is 0.890. The van der Waals surface area contributed by atoms with Crippen LogP contribution in [0.25, 0.3) is 0 Å². The van der Waals surface area contributed by atoms with Crippen LogP contribution in [0, 0.1) is 0 Å². The fourth-order valence-electron chi connectivity index (χ4n) is 3.61. The zero-order valence-corrected chi connectivity index (χ0v) is 14.0. The first-order valence-corrected chi connectivity index (χ1v) is 8.76. The molecule has 2 aromatic rings. The number of nitrogens with zero attached hydrogens (tertiary/aromatic N) is 2. The fraction of sp³-hybridized carbons (Fsp3) is 0.500. The number of H-pyrrole nitrogens is 1. The van der Waals surface area contributed by atoms with Crippen LogP contribution in [-0.4, -0.2) is 40.9 Å². The summed E-state index contributed by atoms with van der Waals surface area (Å²) in [4.78, 5) is 17.5. The van der Waals surface area contributed by atoms with Crippen molar-refractivity contribution in [2.45, 2.75) is 37.2 Å². The minimum Gasteiger partial charge on any atom is -0.381 e. The molecule has 0 radical (unpaired) electrons. The number of ether oxygens (including phenoxy) is 2. The Kier molecular flexibility index (Phi) is 4.50. The van der Waals surface area contributed by atoms with Gasteiger partial charge in [-0.05, 0) is 31.2 Å². The largest absolute Gasteiger partial charge is 0.381 e. The molecule has 2 N–H and O–H groups in total. The van der Waals surface area contributed by atoms with E-state index in [0.29, 0.717) is 37.8 Å². The molecule has 0 aliphatic carbocycles. The summed E-state index contributed by atoms with van der Waals surface area (Å²) >= 11 is 0. The Morgan fingerprint density at radius 2 is 2.00 bits per heavy atom. The van der Waals surface area contributed by atoms with Crippen LogP contribution in [0.5, 0.6) is 0 Å². The third-order valence-electron chi connectivity index (χ3n) is 5.07. The van der Waals surface area contributed by atoms with Crippen molar-refractivity contribution >= 4 is 11.9 Å². The van der Waals surface area contributed by atoms with Crippen LogP contribution >= 0.6 is 0 Å². The average Bonchev–Trinajstić information content (AvgIpc) is 3.34. The maximum atomic E-state index is 13.1. The average molecular weight is 342 g/mol. The molecule has 1 aromatic carbocycles. The molecule has 3 heterocycles. The van der Waals surface area contributed by atoms with E-state index in [1.165, 1.54) is 0 Å².